The Kier molecular flexibility index (Phi) is 6.11. The molecule has 1 atom stereocenters. The maximum Gasteiger partial charge on any atom is 0.251 e. The highest BCUT2D eigenvalue weighted by Crippen LogP contribution is 2.28. The van der Waals surface area contributed by atoms with Gasteiger partial charge in [-0.25, -0.2) is 8.42 Å². The second kappa shape index (κ2) is 8.54. The van der Waals surface area contributed by atoms with E-state index in [1.807, 2.05) is 6.92 Å². The summed E-state index contributed by atoms with van der Waals surface area (Å²) in [5.41, 5.74) is 1.88. The Morgan fingerprint density at radius 1 is 1.07 bits per heavy atom. The van der Waals surface area contributed by atoms with E-state index in [1.165, 1.54) is 6.20 Å². The minimum Gasteiger partial charge on any atom is -0.350 e. The fourth-order valence-corrected chi connectivity index (χ4v) is 4.52. The van der Waals surface area contributed by atoms with Crippen molar-refractivity contribution >= 4 is 27.3 Å². The van der Waals surface area contributed by atoms with Gasteiger partial charge in [0.25, 0.3) is 5.91 Å². The molecule has 5 nitrogen and oxygen atoms in total. The zero-order chi connectivity index (χ0) is 20.1. The van der Waals surface area contributed by atoms with Gasteiger partial charge in [-0.2, -0.15) is 0 Å². The van der Waals surface area contributed by atoms with Gasteiger partial charge in [-0.05, 0) is 55.0 Å². The number of hydrogen-bond acceptors (Lipinski definition) is 4. The summed E-state index contributed by atoms with van der Waals surface area (Å²) in [5.74, 6) is -0.371. The molecule has 0 saturated heterocycles. The topological polar surface area (TPSA) is 76.1 Å². The predicted octanol–water partition coefficient (Wildman–Crippen LogP) is 3.99. The van der Waals surface area contributed by atoms with E-state index in [2.05, 4.69) is 10.3 Å². The van der Waals surface area contributed by atoms with E-state index in [1.54, 1.807) is 66.9 Å². The van der Waals surface area contributed by atoms with Gasteiger partial charge in [0.05, 0.1) is 4.90 Å². The summed E-state index contributed by atoms with van der Waals surface area (Å²) < 4.78 is 26.5. The highest BCUT2D eigenvalue weighted by Gasteiger charge is 2.30. The first-order chi connectivity index (χ1) is 13.4. The first-order valence-electron chi connectivity index (χ1n) is 8.62. The number of sulfone groups is 1. The maximum absolute atomic E-state index is 13.2. The summed E-state index contributed by atoms with van der Waals surface area (Å²) in [4.78, 5) is 16.7. The van der Waals surface area contributed by atoms with Crippen LogP contribution in [0.1, 0.15) is 26.7 Å². The Hall–Kier alpha value is -2.70. The molecule has 3 rings (SSSR count). The highest BCUT2D eigenvalue weighted by atomic mass is 35.5. The van der Waals surface area contributed by atoms with Crippen LogP contribution in [0.4, 0.5) is 0 Å². The summed E-state index contributed by atoms with van der Waals surface area (Å²) in [6, 6.07) is 16.4. The van der Waals surface area contributed by atoms with Crippen molar-refractivity contribution in [3.8, 4) is 0 Å². The molecule has 3 aromatic rings. The number of aryl methyl sites for hydroxylation is 1. The van der Waals surface area contributed by atoms with E-state index >= 15 is 0 Å². The van der Waals surface area contributed by atoms with Crippen LogP contribution in [0.25, 0.3) is 0 Å². The number of pyridine rings is 1. The third-order valence-electron chi connectivity index (χ3n) is 4.33. The van der Waals surface area contributed by atoms with E-state index in [0.29, 0.717) is 16.1 Å². The van der Waals surface area contributed by atoms with Gasteiger partial charge in [0.2, 0.25) is 0 Å². The number of nitrogens with zero attached hydrogens (tertiary/aromatic N) is 1. The Morgan fingerprint density at radius 2 is 1.75 bits per heavy atom. The monoisotopic (exact) mass is 414 g/mol. The summed E-state index contributed by atoms with van der Waals surface area (Å²) in [6.07, 6.45) is 3.08. The van der Waals surface area contributed by atoms with Crippen molar-refractivity contribution in [2.24, 2.45) is 0 Å². The summed E-state index contributed by atoms with van der Waals surface area (Å²) in [6.45, 7) is 1.81. The summed E-state index contributed by atoms with van der Waals surface area (Å²) in [7, 11) is -3.73. The minimum atomic E-state index is -3.73. The molecule has 0 aliphatic rings. The molecule has 1 aromatic heterocycles. The molecule has 144 valence electrons. The molecule has 1 N–H and O–H groups in total. The van der Waals surface area contributed by atoms with Crippen molar-refractivity contribution < 1.29 is 13.2 Å². The van der Waals surface area contributed by atoms with E-state index in [-0.39, 0.29) is 17.3 Å². The van der Waals surface area contributed by atoms with Gasteiger partial charge in [0.15, 0.2) is 9.84 Å². The number of halogens is 1. The fraction of sp³-hybridized carbons (Fsp3) is 0.143. The van der Waals surface area contributed by atoms with Crippen LogP contribution in [0.2, 0.25) is 5.02 Å². The Morgan fingerprint density at radius 3 is 2.36 bits per heavy atom. The van der Waals surface area contributed by atoms with Gasteiger partial charge in [-0.15, -0.1) is 0 Å². The smallest absolute Gasteiger partial charge is 0.251 e. The first kappa shape index (κ1) is 20.0. The molecule has 0 unspecified atom stereocenters. The molecule has 0 saturated carbocycles. The number of benzene rings is 2. The highest BCUT2D eigenvalue weighted by molar-refractivity contribution is 7.91. The van der Waals surface area contributed by atoms with Gasteiger partial charge in [-0.3, -0.25) is 9.78 Å². The number of aromatic nitrogens is 1. The number of hydrogen-bond donors (Lipinski definition) is 1. The molecule has 1 amide bonds. The lowest BCUT2D eigenvalue weighted by molar-refractivity contribution is 0.0953. The van der Waals surface area contributed by atoms with Crippen LogP contribution in [0, 0.1) is 6.92 Å². The lowest BCUT2D eigenvalue weighted by Crippen LogP contribution is -2.32. The number of nitrogens with one attached hydrogen (secondary N) is 1. The van der Waals surface area contributed by atoms with Gasteiger partial charge < -0.3 is 5.32 Å². The van der Waals surface area contributed by atoms with Crippen molar-refractivity contribution in [2.45, 2.75) is 17.1 Å². The number of carbonyl (C=O) groups excluding carboxylic acids is 1. The quantitative estimate of drug-likeness (QED) is 0.661. The predicted molar refractivity (Wildman–Crippen MR) is 109 cm³/mol. The average Bonchev–Trinajstić information content (AvgIpc) is 2.69. The molecular weight excluding hydrogens is 396 g/mol. The van der Waals surface area contributed by atoms with E-state index in [9.17, 15) is 13.2 Å². The maximum atomic E-state index is 13.2. The molecule has 0 spiro atoms. The number of amides is 1. The molecule has 0 aliphatic carbocycles. The third-order valence-corrected chi connectivity index (χ3v) is 6.70. The van der Waals surface area contributed by atoms with E-state index < -0.39 is 15.1 Å². The van der Waals surface area contributed by atoms with Gasteiger partial charge >= 0.3 is 0 Å². The van der Waals surface area contributed by atoms with Crippen LogP contribution < -0.4 is 5.32 Å². The second-order valence-corrected chi connectivity index (χ2v) is 8.92. The SMILES string of the molecule is Cc1ccc(S(=O)(=O)[C@H](CNC(=O)c2ccc(Cl)cc2)c2cccnc2)cc1. The van der Waals surface area contributed by atoms with E-state index in [0.717, 1.165) is 5.56 Å². The second-order valence-electron chi connectivity index (χ2n) is 6.35. The van der Waals surface area contributed by atoms with Crippen LogP contribution >= 0.6 is 11.6 Å². The third kappa shape index (κ3) is 4.58. The normalized spacial score (nSPS) is 12.4. The van der Waals surface area contributed by atoms with Crippen LogP contribution in [-0.2, 0) is 9.84 Å². The van der Waals surface area contributed by atoms with Crippen molar-refractivity contribution in [1.82, 2.24) is 10.3 Å². The number of carbonyl (C=O) groups is 1. The average molecular weight is 415 g/mol. The first-order valence-corrected chi connectivity index (χ1v) is 10.5. The van der Waals surface area contributed by atoms with Gasteiger partial charge in [-0.1, -0.05) is 35.4 Å². The van der Waals surface area contributed by atoms with Crippen molar-refractivity contribution in [2.75, 3.05) is 6.54 Å². The zero-order valence-corrected chi connectivity index (χ0v) is 16.7. The minimum absolute atomic E-state index is 0.0800. The Balaban J connectivity index is 1.88. The molecule has 0 fully saturated rings. The molecule has 1 heterocycles. The summed E-state index contributed by atoms with van der Waals surface area (Å²) in [5, 5.41) is 2.28. The number of rotatable bonds is 6. The molecule has 7 heteroatoms. The molecular formula is C21H19ClN2O3S. The fourth-order valence-electron chi connectivity index (χ4n) is 2.75. The Bertz CT molecular complexity index is 1050. The standard InChI is InChI=1S/C21H19ClN2O3S/c1-15-4-10-19(11-5-15)28(26,27)20(17-3-2-12-23-13-17)14-24-21(25)16-6-8-18(22)9-7-16/h2-13,20H,14H2,1H3,(H,24,25)/t20-/m1/s1. The van der Waals surface area contributed by atoms with Crippen molar-refractivity contribution in [1.29, 1.82) is 0 Å². The largest absolute Gasteiger partial charge is 0.350 e. The van der Waals surface area contributed by atoms with Crippen molar-refractivity contribution in [3.63, 3.8) is 0 Å². The van der Waals surface area contributed by atoms with Crippen molar-refractivity contribution in [3.05, 3.63) is 94.8 Å². The molecule has 0 radical (unpaired) electrons. The van der Waals surface area contributed by atoms with Gasteiger partial charge in [0, 0.05) is 29.5 Å². The van der Waals surface area contributed by atoms with E-state index in [4.69, 9.17) is 11.6 Å². The van der Waals surface area contributed by atoms with Crippen LogP contribution in [0.5, 0.6) is 0 Å². The van der Waals surface area contributed by atoms with Crippen LogP contribution in [-0.4, -0.2) is 25.9 Å². The van der Waals surface area contributed by atoms with Crippen LogP contribution in [0.3, 0.4) is 0 Å². The lowest BCUT2D eigenvalue weighted by atomic mass is 10.2. The Labute approximate surface area is 169 Å². The molecule has 0 aliphatic heterocycles. The summed E-state index contributed by atoms with van der Waals surface area (Å²) >= 11 is 5.84. The van der Waals surface area contributed by atoms with Crippen LogP contribution in [0.15, 0.2) is 78.0 Å². The zero-order valence-electron chi connectivity index (χ0n) is 15.2. The molecule has 2 aromatic carbocycles. The molecule has 28 heavy (non-hydrogen) atoms. The lowest BCUT2D eigenvalue weighted by Gasteiger charge is -2.19. The van der Waals surface area contributed by atoms with Gasteiger partial charge in [0.1, 0.15) is 5.25 Å². The molecule has 0 bridgehead atoms.